The first-order valence-corrected chi connectivity index (χ1v) is 11.1. The van der Waals surface area contributed by atoms with Crippen molar-refractivity contribution in [3.63, 3.8) is 0 Å². The Morgan fingerprint density at radius 3 is 2.63 bits per heavy atom. The summed E-state index contributed by atoms with van der Waals surface area (Å²) in [5.41, 5.74) is -1.25. The third kappa shape index (κ3) is 5.15. The number of nitrogens with one attached hydrogen (secondary N) is 1. The Morgan fingerprint density at radius 2 is 1.93 bits per heavy atom. The lowest BCUT2D eigenvalue weighted by Crippen LogP contribution is -2.42. The van der Waals surface area contributed by atoms with Gasteiger partial charge in [0.05, 0.1) is 15.5 Å². The van der Waals surface area contributed by atoms with Crippen LogP contribution in [-0.4, -0.2) is 42.4 Å². The van der Waals surface area contributed by atoms with Crippen LogP contribution in [0.3, 0.4) is 0 Å². The molecule has 1 unspecified atom stereocenters. The zero-order valence-electron chi connectivity index (χ0n) is 16.2. The van der Waals surface area contributed by atoms with E-state index in [1.165, 1.54) is 12.1 Å². The number of halogens is 3. The summed E-state index contributed by atoms with van der Waals surface area (Å²) in [6.07, 6.45) is 1.68. The number of carbonyl (C=O) groups is 1. The molecule has 162 valence electrons. The van der Waals surface area contributed by atoms with Crippen molar-refractivity contribution in [2.24, 2.45) is 0 Å². The van der Waals surface area contributed by atoms with Crippen LogP contribution in [-0.2, 0) is 10.0 Å². The summed E-state index contributed by atoms with van der Waals surface area (Å²) in [6, 6.07) is 6.32. The molecule has 0 aliphatic carbocycles. The SMILES string of the molecule is CC1(O)CCCCN(S(=O)(=O)c2cc(F)cc(C(=O)Nc3ccc(F)c(Cl)c3)c2)C1. The first-order chi connectivity index (χ1) is 14.0. The van der Waals surface area contributed by atoms with Crippen molar-refractivity contribution in [1.29, 1.82) is 0 Å². The second kappa shape index (κ2) is 8.58. The van der Waals surface area contributed by atoms with Crippen LogP contribution in [0.15, 0.2) is 41.3 Å². The number of anilines is 1. The van der Waals surface area contributed by atoms with Gasteiger partial charge < -0.3 is 10.4 Å². The van der Waals surface area contributed by atoms with Gasteiger partial charge in [-0.1, -0.05) is 11.6 Å². The number of β-amino-alcohol motifs (C(OH)–C–C–N with tert-alkyl or cyclic N) is 1. The molecule has 3 rings (SSSR count). The number of amides is 1. The van der Waals surface area contributed by atoms with E-state index in [1.54, 1.807) is 6.92 Å². The van der Waals surface area contributed by atoms with E-state index in [0.29, 0.717) is 19.3 Å². The number of aliphatic hydroxyl groups is 1. The summed E-state index contributed by atoms with van der Waals surface area (Å²) >= 11 is 5.68. The molecule has 2 N–H and O–H groups in total. The summed E-state index contributed by atoms with van der Waals surface area (Å²) < 4.78 is 54.7. The lowest BCUT2D eigenvalue weighted by atomic mass is 10.0. The Bertz CT molecular complexity index is 1080. The van der Waals surface area contributed by atoms with Gasteiger partial charge in [-0.3, -0.25) is 4.79 Å². The highest BCUT2D eigenvalue weighted by Crippen LogP contribution is 2.27. The molecule has 2 aromatic rings. The topological polar surface area (TPSA) is 86.7 Å². The summed E-state index contributed by atoms with van der Waals surface area (Å²) in [5.74, 6) is -2.35. The van der Waals surface area contributed by atoms with Crippen LogP contribution in [0.5, 0.6) is 0 Å². The van der Waals surface area contributed by atoms with Gasteiger partial charge in [-0.05, 0) is 62.6 Å². The maximum absolute atomic E-state index is 14.2. The third-order valence-electron chi connectivity index (χ3n) is 4.84. The van der Waals surface area contributed by atoms with Crippen LogP contribution in [0.1, 0.15) is 36.5 Å². The van der Waals surface area contributed by atoms with Crippen LogP contribution in [0.4, 0.5) is 14.5 Å². The highest BCUT2D eigenvalue weighted by molar-refractivity contribution is 7.89. The van der Waals surface area contributed by atoms with E-state index in [0.717, 1.165) is 28.6 Å². The minimum absolute atomic E-state index is 0.124. The number of nitrogens with zero attached hydrogens (tertiary/aromatic N) is 1. The second-order valence-corrected chi connectivity index (χ2v) is 9.90. The van der Waals surface area contributed by atoms with Crippen molar-refractivity contribution in [2.75, 3.05) is 18.4 Å². The van der Waals surface area contributed by atoms with Gasteiger partial charge in [-0.15, -0.1) is 0 Å². The fourth-order valence-electron chi connectivity index (χ4n) is 3.31. The normalized spacial score (nSPS) is 20.6. The second-order valence-electron chi connectivity index (χ2n) is 7.55. The molecule has 1 fully saturated rings. The van der Waals surface area contributed by atoms with E-state index in [4.69, 9.17) is 11.6 Å². The lowest BCUT2D eigenvalue weighted by Gasteiger charge is -2.27. The smallest absolute Gasteiger partial charge is 0.255 e. The van der Waals surface area contributed by atoms with Crippen molar-refractivity contribution in [3.8, 4) is 0 Å². The van der Waals surface area contributed by atoms with Crippen molar-refractivity contribution >= 4 is 33.2 Å². The Morgan fingerprint density at radius 1 is 1.20 bits per heavy atom. The van der Waals surface area contributed by atoms with Crippen molar-refractivity contribution in [2.45, 2.75) is 36.7 Å². The maximum atomic E-state index is 14.2. The molecular formula is C20H21ClF2N2O4S. The number of hydrogen-bond donors (Lipinski definition) is 2. The summed E-state index contributed by atoms with van der Waals surface area (Å²) in [6.45, 7) is 1.62. The van der Waals surface area contributed by atoms with E-state index < -0.39 is 33.2 Å². The zero-order valence-corrected chi connectivity index (χ0v) is 17.7. The number of benzene rings is 2. The van der Waals surface area contributed by atoms with Gasteiger partial charge in [0.1, 0.15) is 11.6 Å². The predicted octanol–water partition coefficient (Wildman–Crippen LogP) is 3.80. The average Bonchev–Trinajstić information content (AvgIpc) is 2.85. The Labute approximate surface area is 178 Å². The van der Waals surface area contributed by atoms with Crippen LogP contribution in [0.25, 0.3) is 0 Å². The molecular weight excluding hydrogens is 438 g/mol. The Kier molecular flexibility index (Phi) is 6.47. The fourth-order valence-corrected chi connectivity index (χ4v) is 5.14. The van der Waals surface area contributed by atoms with E-state index in [2.05, 4.69) is 5.32 Å². The Hall–Kier alpha value is -2.07. The van der Waals surface area contributed by atoms with Gasteiger partial charge in [0.2, 0.25) is 10.0 Å². The molecule has 1 aliphatic heterocycles. The first-order valence-electron chi connectivity index (χ1n) is 9.27. The summed E-state index contributed by atoms with van der Waals surface area (Å²) in [4.78, 5) is 12.1. The molecule has 6 nitrogen and oxygen atoms in total. The third-order valence-corrected chi connectivity index (χ3v) is 6.95. The van der Waals surface area contributed by atoms with Crippen LogP contribution in [0, 0.1) is 11.6 Å². The van der Waals surface area contributed by atoms with Crippen LogP contribution in [0.2, 0.25) is 5.02 Å². The molecule has 30 heavy (non-hydrogen) atoms. The molecule has 1 aliphatic rings. The predicted molar refractivity (Wildman–Crippen MR) is 109 cm³/mol. The van der Waals surface area contributed by atoms with Crippen LogP contribution >= 0.6 is 11.6 Å². The van der Waals surface area contributed by atoms with Crippen molar-refractivity contribution in [3.05, 3.63) is 58.6 Å². The van der Waals surface area contributed by atoms with Gasteiger partial charge >= 0.3 is 0 Å². The molecule has 0 spiro atoms. The molecule has 2 aromatic carbocycles. The molecule has 10 heteroatoms. The molecule has 1 heterocycles. The highest BCUT2D eigenvalue weighted by Gasteiger charge is 2.34. The van der Waals surface area contributed by atoms with Crippen molar-refractivity contribution < 1.29 is 27.1 Å². The molecule has 0 bridgehead atoms. The van der Waals surface area contributed by atoms with Gasteiger partial charge in [0.15, 0.2) is 0 Å². The van der Waals surface area contributed by atoms with E-state index in [-0.39, 0.29) is 34.3 Å². The Balaban J connectivity index is 1.90. The molecule has 0 aromatic heterocycles. The quantitative estimate of drug-likeness (QED) is 0.729. The summed E-state index contributed by atoms with van der Waals surface area (Å²) in [7, 11) is -4.14. The number of carbonyl (C=O) groups excluding carboxylic acids is 1. The van der Waals surface area contributed by atoms with Gasteiger partial charge in [-0.25, -0.2) is 17.2 Å². The van der Waals surface area contributed by atoms with E-state index in [9.17, 15) is 27.1 Å². The minimum Gasteiger partial charge on any atom is -0.389 e. The highest BCUT2D eigenvalue weighted by atomic mass is 35.5. The molecule has 1 saturated heterocycles. The average molecular weight is 459 g/mol. The zero-order chi connectivity index (χ0) is 22.1. The van der Waals surface area contributed by atoms with Crippen LogP contribution < -0.4 is 5.32 Å². The standard InChI is InChI=1S/C20H21ClF2N2O4S/c1-20(27)6-2-3-7-25(12-20)30(28,29)16-9-13(8-14(22)10-16)19(26)24-15-4-5-18(23)17(21)11-15/h4-5,8-11,27H,2-3,6-7,12H2,1H3,(H,24,26). The van der Waals surface area contributed by atoms with E-state index >= 15 is 0 Å². The molecule has 0 saturated carbocycles. The number of hydrogen-bond acceptors (Lipinski definition) is 4. The minimum atomic E-state index is -4.14. The fraction of sp³-hybridized carbons (Fsp3) is 0.350. The monoisotopic (exact) mass is 458 g/mol. The molecule has 1 atom stereocenters. The summed E-state index contributed by atoms with van der Waals surface area (Å²) in [5, 5.41) is 12.6. The maximum Gasteiger partial charge on any atom is 0.255 e. The molecule has 1 amide bonds. The van der Waals surface area contributed by atoms with Gasteiger partial charge in [0.25, 0.3) is 5.91 Å². The van der Waals surface area contributed by atoms with Gasteiger partial charge in [-0.2, -0.15) is 4.31 Å². The van der Waals surface area contributed by atoms with Gasteiger partial charge in [0, 0.05) is 24.3 Å². The molecule has 0 radical (unpaired) electrons. The van der Waals surface area contributed by atoms with Crippen molar-refractivity contribution in [1.82, 2.24) is 4.31 Å². The first kappa shape index (κ1) is 22.6. The number of rotatable bonds is 4. The van der Waals surface area contributed by atoms with E-state index in [1.807, 2.05) is 0 Å². The largest absolute Gasteiger partial charge is 0.389 e. The number of sulfonamides is 1. The lowest BCUT2D eigenvalue weighted by molar-refractivity contribution is 0.0408.